The van der Waals surface area contributed by atoms with Gasteiger partial charge in [-0.1, -0.05) is 54.6 Å². The Morgan fingerprint density at radius 3 is 2.00 bits per heavy atom. The molecule has 0 heterocycles. The number of hydrogen-bond acceptors (Lipinski definition) is 3. The molecule has 4 N–H and O–H groups in total. The zero-order valence-electron chi connectivity index (χ0n) is 15.5. The van der Waals surface area contributed by atoms with Gasteiger partial charge in [-0.3, -0.25) is 9.59 Å². The number of hydrogen-bond donors (Lipinski definition) is 3. The van der Waals surface area contributed by atoms with Crippen LogP contribution in [0.4, 0.5) is 0 Å². The van der Waals surface area contributed by atoms with Crippen molar-refractivity contribution in [2.24, 2.45) is 5.73 Å². The van der Waals surface area contributed by atoms with Crippen LogP contribution in [0.3, 0.4) is 0 Å². The molecule has 0 fully saturated rings. The molecule has 0 spiro atoms. The summed E-state index contributed by atoms with van der Waals surface area (Å²) in [6.45, 7) is 5.39. The summed E-state index contributed by atoms with van der Waals surface area (Å²) in [5.74, 6) is -0.545. The number of nitrogens with one attached hydrogen (secondary N) is 2. The molecule has 0 saturated carbocycles. The van der Waals surface area contributed by atoms with Crippen molar-refractivity contribution in [2.45, 2.75) is 45.3 Å². The van der Waals surface area contributed by atoms with E-state index in [1.165, 1.54) is 0 Å². The SMILES string of the molecule is CC(C)NC(=O)[C@@H](C)NC(=O)[C@@H](N)Cc1ccc(-c2ccccc2)cc1. The molecule has 0 unspecified atom stereocenters. The van der Waals surface area contributed by atoms with Gasteiger partial charge in [0.15, 0.2) is 0 Å². The van der Waals surface area contributed by atoms with E-state index < -0.39 is 12.1 Å². The fourth-order valence-electron chi connectivity index (χ4n) is 2.61. The maximum atomic E-state index is 12.2. The average Bonchev–Trinajstić information content (AvgIpc) is 2.62. The second-order valence-corrected chi connectivity index (χ2v) is 6.77. The quantitative estimate of drug-likeness (QED) is 0.714. The predicted molar refractivity (Wildman–Crippen MR) is 104 cm³/mol. The van der Waals surface area contributed by atoms with Crippen molar-refractivity contribution in [1.82, 2.24) is 10.6 Å². The molecule has 0 aliphatic rings. The van der Waals surface area contributed by atoms with Crippen molar-refractivity contribution in [3.05, 3.63) is 60.2 Å². The standard InChI is InChI=1S/C21H27N3O2/c1-14(2)23-20(25)15(3)24-21(26)19(22)13-16-9-11-18(12-10-16)17-7-5-4-6-8-17/h4-12,14-15,19H,13,22H2,1-3H3,(H,23,25)(H,24,26)/t15-,19+/m1/s1. The summed E-state index contributed by atoms with van der Waals surface area (Å²) < 4.78 is 0. The van der Waals surface area contributed by atoms with Crippen LogP contribution in [-0.2, 0) is 16.0 Å². The number of rotatable bonds is 7. The third-order valence-corrected chi connectivity index (χ3v) is 4.04. The summed E-state index contributed by atoms with van der Waals surface area (Å²) in [4.78, 5) is 24.1. The number of nitrogens with two attached hydrogens (primary N) is 1. The van der Waals surface area contributed by atoms with Gasteiger partial charge < -0.3 is 16.4 Å². The second-order valence-electron chi connectivity index (χ2n) is 6.77. The van der Waals surface area contributed by atoms with Crippen LogP contribution in [0.5, 0.6) is 0 Å². The topological polar surface area (TPSA) is 84.2 Å². The maximum absolute atomic E-state index is 12.2. The molecule has 0 bridgehead atoms. The Morgan fingerprint density at radius 2 is 1.42 bits per heavy atom. The fourth-order valence-corrected chi connectivity index (χ4v) is 2.61. The Kier molecular flexibility index (Phi) is 6.92. The normalized spacial score (nSPS) is 13.1. The Bertz CT molecular complexity index is 727. The molecule has 138 valence electrons. The van der Waals surface area contributed by atoms with Crippen molar-refractivity contribution in [2.75, 3.05) is 0 Å². The minimum Gasteiger partial charge on any atom is -0.352 e. The summed E-state index contributed by atoms with van der Waals surface area (Å²) >= 11 is 0. The molecular formula is C21H27N3O2. The maximum Gasteiger partial charge on any atom is 0.242 e. The van der Waals surface area contributed by atoms with Gasteiger partial charge in [-0.2, -0.15) is 0 Å². The van der Waals surface area contributed by atoms with Gasteiger partial charge in [-0.15, -0.1) is 0 Å². The van der Waals surface area contributed by atoms with Gasteiger partial charge in [0, 0.05) is 6.04 Å². The fraction of sp³-hybridized carbons (Fsp3) is 0.333. The van der Waals surface area contributed by atoms with Gasteiger partial charge in [-0.05, 0) is 43.9 Å². The lowest BCUT2D eigenvalue weighted by Gasteiger charge is -2.18. The highest BCUT2D eigenvalue weighted by Crippen LogP contribution is 2.19. The van der Waals surface area contributed by atoms with Crippen LogP contribution in [-0.4, -0.2) is 29.9 Å². The Morgan fingerprint density at radius 1 is 0.846 bits per heavy atom. The summed E-state index contributed by atoms with van der Waals surface area (Å²) in [5, 5.41) is 5.43. The first-order valence-electron chi connectivity index (χ1n) is 8.87. The van der Waals surface area contributed by atoms with Crippen LogP contribution in [0.2, 0.25) is 0 Å². The molecule has 5 heteroatoms. The van der Waals surface area contributed by atoms with Crippen molar-refractivity contribution >= 4 is 11.8 Å². The minimum atomic E-state index is -0.702. The van der Waals surface area contributed by atoms with E-state index in [1.807, 2.05) is 56.3 Å². The summed E-state index contributed by atoms with van der Waals surface area (Å²) in [7, 11) is 0. The predicted octanol–water partition coefficient (Wildman–Crippen LogP) is 2.25. The van der Waals surface area contributed by atoms with Gasteiger partial charge in [-0.25, -0.2) is 0 Å². The molecule has 0 saturated heterocycles. The van der Waals surface area contributed by atoms with Gasteiger partial charge in [0.05, 0.1) is 6.04 Å². The molecule has 2 amide bonds. The van der Waals surface area contributed by atoms with E-state index in [2.05, 4.69) is 22.8 Å². The molecule has 0 aliphatic heterocycles. The molecule has 0 aromatic heterocycles. The van der Waals surface area contributed by atoms with E-state index in [-0.39, 0.29) is 17.9 Å². The zero-order chi connectivity index (χ0) is 19.1. The van der Waals surface area contributed by atoms with E-state index in [9.17, 15) is 9.59 Å². The zero-order valence-corrected chi connectivity index (χ0v) is 15.5. The average molecular weight is 353 g/mol. The molecule has 2 atom stereocenters. The third-order valence-electron chi connectivity index (χ3n) is 4.04. The molecule has 26 heavy (non-hydrogen) atoms. The van der Waals surface area contributed by atoms with E-state index >= 15 is 0 Å². The van der Waals surface area contributed by atoms with E-state index in [1.54, 1.807) is 6.92 Å². The van der Waals surface area contributed by atoms with Crippen LogP contribution in [0.15, 0.2) is 54.6 Å². The van der Waals surface area contributed by atoms with Crippen molar-refractivity contribution in [3.63, 3.8) is 0 Å². The van der Waals surface area contributed by atoms with Crippen LogP contribution >= 0.6 is 0 Å². The highest BCUT2D eigenvalue weighted by molar-refractivity contribution is 5.89. The first-order chi connectivity index (χ1) is 12.4. The van der Waals surface area contributed by atoms with E-state index in [0.717, 1.165) is 16.7 Å². The largest absolute Gasteiger partial charge is 0.352 e. The summed E-state index contributed by atoms with van der Waals surface area (Å²) in [5.41, 5.74) is 9.24. The first-order valence-corrected chi connectivity index (χ1v) is 8.87. The Balaban J connectivity index is 1.91. The molecule has 5 nitrogen and oxygen atoms in total. The highest BCUT2D eigenvalue weighted by atomic mass is 16.2. The molecule has 2 aromatic carbocycles. The highest BCUT2D eigenvalue weighted by Gasteiger charge is 2.20. The van der Waals surface area contributed by atoms with Crippen LogP contribution < -0.4 is 16.4 Å². The summed E-state index contributed by atoms with van der Waals surface area (Å²) in [6, 6.07) is 16.8. The lowest BCUT2D eigenvalue weighted by molar-refractivity contribution is -0.129. The second kappa shape index (κ2) is 9.15. The number of amides is 2. The lowest BCUT2D eigenvalue weighted by Crippen LogP contribution is -2.51. The van der Waals surface area contributed by atoms with Crippen LogP contribution in [0, 0.1) is 0 Å². The molecular weight excluding hydrogens is 326 g/mol. The Labute approximate surface area is 155 Å². The van der Waals surface area contributed by atoms with Gasteiger partial charge in [0.25, 0.3) is 0 Å². The monoisotopic (exact) mass is 353 g/mol. The van der Waals surface area contributed by atoms with Gasteiger partial charge in [0.1, 0.15) is 6.04 Å². The Hall–Kier alpha value is -2.66. The smallest absolute Gasteiger partial charge is 0.242 e. The minimum absolute atomic E-state index is 0.0265. The molecule has 2 rings (SSSR count). The number of carbonyl (C=O) groups is 2. The number of benzene rings is 2. The van der Waals surface area contributed by atoms with Crippen molar-refractivity contribution in [3.8, 4) is 11.1 Å². The number of carbonyl (C=O) groups excluding carboxylic acids is 2. The van der Waals surface area contributed by atoms with Crippen molar-refractivity contribution in [1.29, 1.82) is 0 Å². The van der Waals surface area contributed by atoms with Crippen LogP contribution in [0.1, 0.15) is 26.3 Å². The van der Waals surface area contributed by atoms with Crippen molar-refractivity contribution < 1.29 is 9.59 Å². The van der Waals surface area contributed by atoms with Crippen LogP contribution in [0.25, 0.3) is 11.1 Å². The third kappa shape index (κ3) is 5.70. The molecule has 0 radical (unpaired) electrons. The van der Waals surface area contributed by atoms with Gasteiger partial charge in [0.2, 0.25) is 11.8 Å². The lowest BCUT2D eigenvalue weighted by atomic mass is 10.0. The summed E-state index contributed by atoms with van der Waals surface area (Å²) in [6.07, 6.45) is 0.416. The molecule has 0 aliphatic carbocycles. The first kappa shape index (κ1) is 19.7. The molecule has 2 aromatic rings. The van der Waals surface area contributed by atoms with E-state index in [0.29, 0.717) is 6.42 Å². The van der Waals surface area contributed by atoms with E-state index in [4.69, 9.17) is 5.73 Å². The van der Waals surface area contributed by atoms with Gasteiger partial charge >= 0.3 is 0 Å².